The number of urea groups is 1. The summed E-state index contributed by atoms with van der Waals surface area (Å²) in [5.41, 5.74) is -0.822. The number of carbonyl (C=O) groups excluding carboxylic acids is 2. The number of nitrogens with one attached hydrogen (secondary N) is 2. The van der Waals surface area contributed by atoms with E-state index in [1.807, 2.05) is 19.0 Å². The van der Waals surface area contributed by atoms with Crippen LogP contribution in [-0.2, 0) is 6.18 Å². The molecule has 0 unspecified atom stereocenters. The molecular formula is C27H35F3N8O2. The first-order chi connectivity index (χ1) is 19.1. The van der Waals surface area contributed by atoms with Gasteiger partial charge in [0, 0.05) is 25.3 Å². The molecule has 5 rings (SSSR count). The first-order valence-corrected chi connectivity index (χ1v) is 13.8. The molecule has 2 N–H and O–H groups in total. The molecule has 0 radical (unpaired) electrons. The van der Waals surface area contributed by atoms with Crippen LogP contribution in [-0.4, -0.2) is 77.6 Å². The van der Waals surface area contributed by atoms with Gasteiger partial charge in [-0.3, -0.25) is 14.7 Å². The number of hydrogen-bond acceptors (Lipinski definition) is 7. The van der Waals surface area contributed by atoms with Gasteiger partial charge >= 0.3 is 12.2 Å². The summed E-state index contributed by atoms with van der Waals surface area (Å²) in [4.78, 5) is 38.4. The molecule has 0 spiro atoms. The topological polar surface area (TPSA) is 96.9 Å². The SMILES string of the molecule is CCN1C(=O)N(C)c2cnc(Nc3ccc(C(=O)NC4CCN(C)CC4)c(C(F)(F)F)c3)nc2N1C1CCCC1. The van der Waals surface area contributed by atoms with Crippen LogP contribution in [0.15, 0.2) is 24.4 Å². The smallest absolute Gasteiger partial charge is 0.349 e. The van der Waals surface area contributed by atoms with Gasteiger partial charge in [0.25, 0.3) is 5.91 Å². The van der Waals surface area contributed by atoms with Crippen LogP contribution in [0.3, 0.4) is 0 Å². The Hall–Kier alpha value is -3.61. The third-order valence-electron chi connectivity index (χ3n) is 7.95. The molecule has 13 heteroatoms. The highest BCUT2D eigenvalue weighted by Gasteiger charge is 2.40. The summed E-state index contributed by atoms with van der Waals surface area (Å²) < 4.78 is 42.2. The monoisotopic (exact) mass is 560 g/mol. The first-order valence-electron chi connectivity index (χ1n) is 13.8. The van der Waals surface area contributed by atoms with E-state index >= 15 is 0 Å². The standard InChI is InChI=1S/C27H35F3N8O2/c1-4-37-26(40)36(3)22-16-31-25(34-23(22)38(37)19-7-5-6-8-19)33-18-9-10-20(21(15-18)27(28,29)30)24(39)32-17-11-13-35(2)14-12-17/h9-10,15-17,19H,4-8,11-14H2,1-3H3,(H,32,39)(H,31,33,34). The zero-order valence-electron chi connectivity index (χ0n) is 23.0. The van der Waals surface area contributed by atoms with Gasteiger partial charge in [0.05, 0.1) is 23.4 Å². The second kappa shape index (κ2) is 11.1. The summed E-state index contributed by atoms with van der Waals surface area (Å²) in [6.07, 6.45) is 2.06. The van der Waals surface area contributed by atoms with Crippen LogP contribution in [0.2, 0.25) is 0 Å². The molecule has 1 saturated heterocycles. The van der Waals surface area contributed by atoms with E-state index in [4.69, 9.17) is 0 Å². The van der Waals surface area contributed by atoms with Crippen LogP contribution < -0.4 is 20.5 Å². The summed E-state index contributed by atoms with van der Waals surface area (Å²) in [6, 6.07) is 3.26. The number of aromatic nitrogens is 2. The van der Waals surface area contributed by atoms with Crippen molar-refractivity contribution in [3.05, 3.63) is 35.5 Å². The zero-order chi connectivity index (χ0) is 28.6. The van der Waals surface area contributed by atoms with Crippen LogP contribution >= 0.6 is 0 Å². The lowest BCUT2D eigenvalue weighted by molar-refractivity contribution is -0.137. The van der Waals surface area contributed by atoms with E-state index in [2.05, 4.69) is 25.5 Å². The fraction of sp³-hybridized carbons (Fsp3) is 0.556. The van der Waals surface area contributed by atoms with Crippen LogP contribution in [0, 0.1) is 0 Å². The largest absolute Gasteiger partial charge is 0.417 e. The van der Waals surface area contributed by atoms with Crippen molar-refractivity contribution in [1.29, 1.82) is 0 Å². The number of piperidine rings is 1. The third kappa shape index (κ3) is 5.51. The maximum absolute atomic E-state index is 14.1. The second-order valence-electron chi connectivity index (χ2n) is 10.7. The predicted molar refractivity (Wildman–Crippen MR) is 146 cm³/mol. The van der Waals surface area contributed by atoms with Crippen LogP contribution in [0.5, 0.6) is 0 Å². The third-order valence-corrected chi connectivity index (χ3v) is 7.95. The molecule has 1 aliphatic carbocycles. The van der Waals surface area contributed by atoms with Crippen LogP contribution in [0.4, 0.5) is 41.1 Å². The number of anilines is 4. The Morgan fingerprint density at radius 3 is 2.45 bits per heavy atom. The van der Waals surface area contributed by atoms with E-state index in [0.717, 1.165) is 44.8 Å². The minimum Gasteiger partial charge on any atom is -0.349 e. The molecule has 1 aromatic heterocycles. The average Bonchev–Trinajstić information content (AvgIpc) is 3.46. The molecule has 216 valence electrons. The van der Waals surface area contributed by atoms with Crippen molar-refractivity contribution in [2.24, 2.45) is 0 Å². The van der Waals surface area contributed by atoms with Gasteiger partial charge in [-0.1, -0.05) is 12.8 Å². The van der Waals surface area contributed by atoms with Crippen LogP contribution in [0.25, 0.3) is 0 Å². The van der Waals surface area contributed by atoms with Crippen molar-refractivity contribution in [1.82, 2.24) is 25.2 Å². The lowest BCUT2D eigenvalue weighted by atomic mass is 10.0. The zero-order valence-corrected chi connectivity index (χ0v) is 23.0. The summed E-state index contributed by atoms with van der Waals surface area (Å²) in [5.74, 6) is -0.117. The fourth-order valence-electron chi connectivity index (χ4n) is 5.72. The molecule has 0 atom stereocenters. The Balaban J connectivity index is 1.42. The summed E-state index contributed by atoms with van der Waals surface area (Å²) in [6.45, 7) is 3.89. The van der Waals surface area contributed by atoms with E-state index in [-0.39, 0.29) is 29.8 Å². The molecule has 3 aliphatic rings. The molecule has 2 aliphatic heterocycles. The van der Waals surface area contributed by atoms with Crippen molar-refractivity contribution >= 4 is 35.1 Å². The van der Waals surface area contributed by atoms with Gasteiger partial charge in [-0.05, 0) is 70.9 Å². The number of carbonyl (C=O) groups is 2. The van der Waals surface area contributed by atoms with Gasteiger partial charge in [0.1, 0.15) is 5.69 Å². The molecule has 1 aromatic carbocycles. The Morgan fingerprint density at radius 2 is 1.80 bits per heavy atom. The lowest BCUT2D eigenvalue weighted by Crippen LogP contribution is -2.59. The molecule has 2 aromatic rings. The number of likely N-dealkylation sites (tertiary alicyclic amines) is 1. The normalized spacial score (nSPS) is 19.2. The molecule has 10 nitrogen and oxygen atoms in total. The number of halogens is 3. The maximum Gasteiger partial charge on any atom is 0.417 e. The van der Waals surface area contributed by atoms with Crippen molar-refractivity contribution in [2.45, 2.75) is 63.7 Å². The van der Waals surface area contributed by atoms with Crippen molar-refractivity contribution in [3.63, 3.8) is 0 Å². The average molecular weight is 561 g/mol. The highest BCUT2D eigenvalue weighted by Crippen LogP contribution is 2.39. The Kier molecular flexibility index (Phi) is 7.76. The highest BCUT2D eigenvalue weighted by molar-refractivity contribution is 5.99. The number of amides is 3. The Bertz CT molecular complexity index is 1260. The van der Waals surface area contributed by atoms with E-state index in [9.17, 15) is 22.8 Å². The molecule has 40 heavy (non-hydrogen) atoms. The number of fused-ring (bicyclic) bond motifs is 1. The molecule has 3 heterocycles. The Morgan fingerprint density at radius 1 is 1.10 bits per heavy atom. The summed E-state index contributed by atoms with van der Waals surface area (Å²) in [7, 11) is 3.62. The minimum atomic E-state index is -4.74. The molecule has 1 saturated carbocycles. The van der Waals surface area contributed by atoms with Gasteiger partial charge in [-0.15, -0.1) is 0 Å². The molecule has 2 fully saturated rings. The van der Waals surface area contributed by atoms with Gasteiger partial charge in [0.15, 0.2) is 5.82 Å². The van der Waals surface area contributed by atoms with Crippen molar-refractivity contribution in [2.75, 3.05) is 49.0 Å². The van der Waals surface area contributed by atoms with Crippen LogP contribution in [0.1, 0.15) is 61.4 Å². The number of nitrogens with zero attached hydrogens (tertiary/aromatic N) is 6. The predicted octanol–water partition coefficient (Wildman–Crippen LogP) is 4.62. The summed E-state index contributed by atoms with van der Waals surface area (Å²) in [5, 5.41) is 9.21. The molecular weight excluding hydrogens is 525 g/mol. The second-order valence-corrected chi connectivity index (χ2v) is 10.7. The fourth-order valence-corrected chi connectivity index (χ4v) is 5.72. The first kappa shape index (κ1) is 27.9. The van der Waals surface area contributed by atoms with Crippen molar-refractivity contribution in [3.8, 4) is 0 Å². The minimum absolute atomic E-state index is 0.0946. The van der Waals surface area contributed by atoms with Crippen molar-refractivity contribution < 1.29 is 22.8 Å². The number of rotatable bonds is 6. The van der Waals surface area contributed by atoms with E-state index in [0.29, 0.717) is 30.9 Å². The van der Waals surface area contributed by atoms with E-state index in [1.165, 1.54) is 23.2 Å². The molecule has 0 bridgehead atoms. The Labute approximate surface area is 231 Å². The number of hydrazine groups is 1. The lowest BCUT2D eigenvalue weighted by Gasteiger charge is -2.45. The maximum atomic E-state index is 14.1. The van der Waals surface area contributed by atoms with Gasteiger partial charge in [-0.2, -0.15) is 18.2 Å². The number of hydrogen-bond donors (Lipinski definition) is 2. The quantitative estimate of drug-likeness (QED) is 0.532. The highest BCUT2D eigenvalue weighted by atomic mass is 19.4. The van der Waals surface area contributed by atoms with E-state index in [1.54, 1.807) is 12.1 Å². The van der Waals surface area contributed by atoms with Gasteiger partial charge < -0.3 is 15.5 Å². The van der Waals surface area contributed by atoms with E-state index < -0.39 is 23.2 Å². The van der Waals surface area contributed by atoms with Gasteiger partial charge in [-0.25, -0.2) is 14.8 Å². The van der Waals surface area contributed by atoms with Gasteiger partial charge in [0.2, 0.25) is 5.95 Å². The number of benzene rings is 1. The molecule has 3 amide bonds. The summed E-state index contributed by atoms with van der Waals surface area (Å²) >= 11 is 0. The number of alkyl halides is 3.